The second-order valence-electron chi connectivity index (χ2n) is 9.07. The van der Waals surface area contributed by atoms with Crippen LogP contribution < -0.4 is 10.1 Å². The van der Waals surface area contributed by atoms with Gasteiger partial charge in [0, 0.05) is 31.9 Å². The van der Waals surface area contributed by atoms with Gasteiger partial charge < -0.3 is 19.9 Å². The van der Waals surface area contributed by atoms with Crippen LogP contribution in [0.5, 0.6) is 5.75 Å². The van der Waals surface area contributed by atoms with Gasteiger partial charge in [-0.15, -0.1) is 0 Å². The summed E-state index contributed by atoms with van der Waals surface area (Å²) in [7, 11) is 0. The second-order valence-corrected chi connectivity index (χ2v) is 9.07. The van der Waals surface area contributed by atoms with E-state index in [4.69, 9.17) is 4.74 Å². The molecule has 2 aromatic rings. The molecule has 0 spiro atoms. The van der Waals surface area contributed by atoms with Crippen LogP contribution in [0.3, 0.4) is 0 Å². The van der Waals surface area contributed by atoms with E-state index in [-0.39, 0.29) is 29.6 Å². The summed E-state index contributed by atoms with van der Waals surface area (Å²) in [5.41, 5.74) is 0.772. The Balaban J connectivity index is 1.26. The minimum absolute atomic E-state index is 0.0205. The molecule has 2 unspecified atom stereocenters. The van der Waals surface area contributed by atoms with Gasteiger partial charge in [-0.2, -0.15) is 0 Å². The number of carbonyl (C=O) groups is 3. The predicted octanol–water partition coefficient (Wildman–Crippen LogP) is 3.57. The first kappa shape index (κ1) is 23.8. The SMILES string of the molecule is O=C(Nc1ccccc1)C1CCCN(C(=O)C2CCCN(C(=O)CCOc3ccccc3)C2)C1. The largest absolute Gasteiger partial charge is 0.493 e. The van der Waals surface area contributed by atoms with Crippen molar-refractivity contribution in [1.82, 2.24) is 9.80 Å². The van der Waals surface area contributed by atoms with Crippen molar-refractivity contribution in [2.75, 3.05) is 38.1 Å². The van der Waals surface area contributed by atoms with Gasteiger partial charge in [0.1, 0.15) is 5.75 Å². The molecule has 7 nitrogen and oxygen atoms in total. The van der Waals surface area contributed by atoms with E-state index in [0.29, 0.717) is 39.2 Å². The lowest BCUT2D eigenvalue weighted by molar-refractivity contribution is -0.142. The maximum Gasteiger partial charge on any atom is 0.229 e. The number of anilines is 1. The second kappa shape index (κ2) is 11.7. The summed E-state index contributed by atoms with van der Waals surface area (Å²) in [6.07, 6.45) is 3.47. The molecule has 2 saturated heterocycles. The van der Waals surface area contributed by atoms with Gasteiger partial charge in [0.2, 0.25) is 17.7 Å². The molecule has 7 heteroatoms. The van der Waals surface area contributed by atoms with Gasteiger partial charge in [0.05, 0.1) is 24.9 Å². The Morgan fingerprint density at radius 1 is 0.824 bits per heavy atom. The van der Waals surface area contributed by atoms with Crippen molar-refractivity contribution in [3.63, 3.8) is 0 Å². The van der Waals surface area contributed by atoms with Crippen LogP contribution in [0.15, 0.2) is 60.7 Å². The number of piperidine rings is 2. The fraction of sp³-hybridized carbons (Fsp3) is 0.444. The fourth-order valence-corrected chi connectivity index (χ4v) is 4.75. The average Bonchev–Trinajstić information content (AvgIpc) is 2.89. The van der Waals surface area contributed by atoms with E-state index in [9.17, 15) is 14.4 Å². The molecule has 2 heterocycles. The third-order valence-electron chi connectivity index (χ3n) is 6.60. The summed E-state index contributed by atoms with van der Waals surface area (Å²) in [6.45, 7) is 2.55. The van der Waals surface area contributed by atoms with E-state index in [1.54, 1.807) is 4.90 Å². The van der Waals surface area contributed by atoms with E-state index < -0.39 is 0 Å². The van der Waals surface area contributed by atoms with E-state index in [1.165, 1.54) is 0 Å². The van der Waals surface area contributed by atoms with Crippen LogP contribution in [0.2, 0.25) is 0 Å². The van der Waals surface area contributed by atoms with Crippen LogP contribution in [-0.2, 0) is 14.4 Å². The lowest BCUT2D eigenvalue weighted by Gasteiger charge is -2.38. The first-order chi connectivity index (χ1) is 16.6. The summed E-state index contributed by atoms with van der Waals surface area (Å²) < 4.78 is 5.65. The van der Waals surface area contributed by atoms with Crippen molar-refractivity contribution in [2.24, 2.45) is 11.8 Å². The van der Waals surface area contributed by atoms with Gasteiger partial charge in [-0.05, 0) is 49.9 Å². The van der Waals surface area contributed by atoms with Gasteiger partial charge in [-0.25, -0.2) is 0 Å². The molecule has 2 atom stereocenters. The highest BCUT2D eigenvalue weighted by Gasteiger charge is 2.34. The van der Waals surface area contributed by atoms with Crippen molar-refractivity contribution in [3.8, 4) is 5.75 Å². The Morgan fingerprint density at radius 3 is 2.18 bits per heavy atom. The Hall–Kier alpha value is -3.35. The summed E-state index contributed by atoms with van der Waals surface area (Å²) in [4.78, 5) is 42.4. The Bertz CT molecular complexity index is 966. The maximum atomic E-state index is 13.3. The molecule has 0 saturated carbocycles. The van der Waals surface area contributed by atoms with E-state index in [1.807, 2.05) is 65.6 Å². The molecule has 0 aliphatic carbocycles. The van der Waals surface area contributed by atoms with Crippen LogP contribution >= 0.6 is 0 Å². The number of hydrogen-bond acceptors (Lipinski definition) is 4. The van der Waals surface area contributed by atoms with Crippen LogP contribution in [0.1, 0.15) is 32.1 Å². The zero-order valence-electron chi connectivity index (χ0n) is 19.5. The molecule has 3 amide bonds. The quantitative estimate of drug-likeness (QED) is 0.681. The van der Waals surface area contributed by atoms with Gasteiger partial charge in [0.25, 0.3) is 0 Å². The topological polar surface area (TPSA) is 79.0 Å². The Kier molecular flexibility index (Phi) is 8.17. The first-order valence-electron chi connectivity index (χ1n) is 12.2. The number of amides is 3. The molecule has 2 aliphatic rings. The monoisotopic (exact) mass is 463 g/mol. The highest BCUT2D eigenvalue weighted by atomic mass is 16.5. The van der Waals surface area contributed by atoms with Crippen molar-refractivity contribution in [1.29, 1.82) is 0 Å². The van der Waals surface area contributed by atoms with E-state index in [2.05, 4.69) is 5.32 Å². The number of nitrogens with one attached hydrogen (secondary N) is 1. The molecule has 0 radical (unpaired) electrons. The Labute approximate surface area is 201 Å². The van der Waals surface area contributed by atoms with Crippen molar-refractivity contribution >= 4 is 23.4 Å². The summed E-state index contributed by atoms with van der Waals surface area (Å²) in [6, 6.07) is 18.9. The van der Waals surface area contributed by atoms with Crippen LogP contribution in [0.25, 0.3) is 0 Å². The van der Waals surface area contributed by atoms with E-state index in [0.717, 1.165) is 37.1 Å². The number of likely N-dealkylation sites (tertiary alicyclic amines) is 2. The van der Waals surface area contributed by atoms with Gasteiger partial charge in [-0.3, -0.25) is 14.4 Å². The highest BCUT2D eigenvalue weighted by Crippen LogP contribution is 2.24. The molecule has 2 fully saturated rings. The molecular weight excluding hydrogens is 430 g/mol. The molecule has 180 valence electrons. The van der Waals surface area contributed by atoms with Crippen LogP contribution in [0, 0.1) is 11.8 Å². The van der Waals surface area contributed by atoms with E-state index >= 15 is 0 Å². The van der Waals surface area contributed by atoms with Gasteiger partial charge in [0.15, 0.2) is 0 Å². The van der Waals surface area contributed by atoms with Crippen molar-refractivity contribution in [3.05, 3.63) is 60.7 Å². The minimum Gasteiger partial charge on any atom is -0.493 e. The minimum atomic E-state index is -0.214. The van der Waals surface area contributed by atoms with Gasteiger partial charge in [-0.1, -0.05) is 36.4 Å². The summed E-state index contributed by atoms with van der Waals surface area (Å²) >= 11 is 0. The molecule has 2 aromatic carbocycles. The third-order valence-corrected chi connectivity index (χ3v) is 6.60. The number of benzene rings is 2. The molecule has 34 heavy (non-hydrogen) atoms. The smallest absolute Gasteiger partial charge is 0.229 e. The van der Waals surface area contributed by atoms with Crippen LogP contribution in [0.4, 0.5) is 5.69 Å². The lowest BCUT2D eigenvalue weighted by Crippen LogP contribution is -2.50. The maximum absolute atomic E-state index is 13.3. The number of para-hydroxylation sites is 2. The molecule has 4 rings (SSSR count). The highest BCUT2D eigenvalue weighted by molar-refractivity contribution is 5.93. The number of hydrogen-bond donors (Lipinski definition) is 1. The first-order valence-corrected chi connectivity index (χ1v) is 12.2. The third kappa shape index (κ3) is 6.37. The van der Waals surface area contributed by atoms with Crippen molar-refractivity contribution in [2.45, 2.75) is 32.1 Å². The molecule has 0 aromatic heterocycles. The lowest BCUT2D eigenvalue weighted by atomic mass is 9.92. The molecular formula is C27H33N3O4. The van der Waals surface area contributed by atoms with Gasteiger partial charge >= 0.3 is 0 Å². The van der Waals surface area contributed by atoms with Crippen LogP contribution in [-0.4, -0.2) is 60.3 Å². The number of carbonyl (C=O) groups excluding carboxylic acids is 3. The fourth-order valence-electron chi connectivity index (χ4n) is 4.75. The summed E-state index contributed by atoms with van der Waals surface area (Å²) in [5.74, 6) is 0.376. The summed E-state index contributed by atoms with van der Waals surface area (Å²) in [5, 5.41) is 2.96. The Morgan fingerprint density at radius 2 is 1.44 bits per heavy atom. The zero-order valence-corrected chi connectivity index (χ0v) is 19.5. The standard InChI is InChI=1S/C27H33N3O4/c31-25(15-18-34-24-13-5-2-6-14-24)29-16-8-10-22(20-29)27(33)30-17-7-9-21(19-30)26(32)28-23-11-3-1-4-12-23/h1-6,11-14,21-22H,7-10,15-20H2,(H,28,32). The predicted molar refractivity (Wildman–Crippen MR) is 130 cm³/mol. The molecule has 2 aliphatic heterocycles. The van der Waals surface area contributed by atoms with Crippen molar-refractivity contribution < 1.29 is 19.1 Å². The molecule has 1 N–H and O–H groups in total. The average molecular weight is 464 g/mol. The zero-order chi connectivity index (χ0) is 23.8. The number of nitrogens with zero attached hydrogens (tertiary/aromatic N) is 2. The number of ether oxygens (including phenoxy) is 1. The normalized spacial score (nSPS) is 20.5. The number of rotatable bonds is 7. The molecule has 0 bridgehead atoms.